The van der Waals surface area contributed by atoms with Crippen LogP contribution in [0.4, 0.5) is 5.82 Å². The second-order valence-electron chi connectivity index (χ2n) is 4.71. The molecular weight excluding hydrogens is 244 g/mol. The number of amides is 1. The van der Waals surface area contributed by atoms with Crippen molar-refractivity contribution in [3.05, 3.63) is 17.8 Å². The quantitative estimate of drug-likeness (QED) is 0.826. The van der Waals surface area contributed by atoms with Gasteiger partial charge in [-0.15, -0.1) is 10.2 Å². The zero-order valence-electron chi connectivity index (χ0n) is 11.2. The molecule has 1 saturated carbocycles. The van der Waals surface area contributed by atoms with Crippen LogP contribution in [0.1, 0.15) is 36.2 Å². The van der Waals surface area contributed by atoms with E-state index in [1.807, 2.05) is 0 Å². The first-order valence-corrected chi connectivity index (χ1v) is 6.69. The monoisotopic (exact) mass is 264 g/mol. The maximum Gasteiger partial charge on any atom is 0.274 e. The van der Waals surface area contributed by atoms with Gasteiger partial charge in [-0.25, -0.2) is 0 Å². The predicted molar refractivity (Wildman–Crippen MR) is 72.0 cm³/mol. The third kappa shape index (κ3) is 3.20. The fourth-order valence-electron chi connectivity index (χ4n) is 2.50. The normalized spacial score (nSPS) is 15.5. The molecular formula is C13H20N4O2. The molecule has 1 aromatic heterocycles. The molecule has 0 aromatic carbocycles. The summed E-state index contributed by atoms with van der Waals surface area (Å²) in [6, 6.07) is 3.62. The maximum atomic E-state index is 12.4. The molecule has 1 aliphatic rings. The number of aliphatic hydroxyl groups excluding tert-OH is 1. The smallest absolute Gasteiger partial charge is 0.274 e. The van der Waals surface area contributed by atoms with Crippen molar-refractivity contribution in [1.29, 1.82) is 0 Å². The Morgan fingerprint density at radius 2 is 2.16 bits per heavy atom. The van der Waals surface area contributed by atoms with Gasteiger partial charge in [-0.1, -0.05) is 12.8 Å². The average Bonchev–Trinajstić information content (AvgIpc) is 2.98. The highest BCUT2D eigenvalue weighted by Crippen LogP contribution is 2.24. The lowest BCUT2D eigenvalue weighted by Gasteiger charge is -2.27. The number of carbonyl (C=O) groups is 1. The van der Waals surface area contributed by atoms with E-state index in [4.69, 9.17) is 5.11 Å². The fourth-order valence-corrected chi connectivity index (χ4v) is 2.50. The van der Waals surface area contributed by atoms with Gasteiger partial charge in [-0.3, -0.25) is 4.79 Å². The van der Waals surface area contributed by atoms with Crippen LogP contribution >= 0.6 is 0 Å². The van der Waals surface area contributed by atoms with Crippen molar-refractivity contribution in [2.75, 3.05) is 25.5 Å². The van der Waals surface area contributed by atoms with Gasteiger partial charge in [0.1, 0.15) is 5.82 Å². The molecule has 1 aliphatic carbocycles. The van der Waals surface area contributed by atoms with Crippen LogP contribution in [0.2, 0.25) is 0 Å². The molecule has 2 N–H and O–H groups in total. The first kappa shape index (κ1) is 13.7. The van der Waals surface area contributed by atoms with Crippen LogP contribution in [0, 0.1) is 0 Å². The minimum atomic E-state index is -0.142. The number of hydrogen-bond donors (Lipinski definition) is 2. The molecule has 0 saturated heterocycles. The molecule has 1 heterocycles. The largest absolute Gasteiger partial charge is 0.395 e. The van der Waals surface area contributed by atoms with Crippen molar-refractivity contribution in [3.8, 4) is 0 Å². The van der Waals surface area contributed by atoms with Gasteiger partial charge in [0.25, 0.3) is 5.91 Å². The summed E-state index contributed by atoms with van der Waals surface area (Å²) in [5, 5.41) is 19.9. The van der Waals surface area contributed by atoms with Gasteiger partial charge in [0.15, 0.2) is 5.69 Å². The number of rotatable bonds is 5. The van der Waals surface area contributed by atoms with Crippen LogP contribution in [-0.2, 0) is 0 Å². The van der Waals surface area contributed by atoms with E-state index >= 15 is 0 Å². The minimum absolute atomic E-state index is 0.0235. The van der Waals surface area contributed by atoms with Crippen molar-refractivity contribution in [3.63, 3.8) is 0 Å². The van der Waals surface area contributed by atoms with Gasteiger partial charge in [-0.05, 0) is 25.0 Å². The summed E-state index contributed by atoms with van der Waals surface area (Å²) >= 11 is 0. The Hall–Kier alpha value is -1.69. The lowest BCUT2D eigenvalue weighted by atomic mass is 10.2. The van der Waals surface area contributed by atoms with Crippen molar-refractivity contribution < 1.29 is 9.90 Å². The molecule has 6 heteroatoms. The van der Waals surface area contributed by atoms with Crippen LogP contribution < -0.4 is 5.32 Å². The summed E-state index contributed by atoms with van der Waals surface area (Å²) in [5.41, 5.74) is 0.333. The molecule has 1 aromatic rings. The topological polar surface area (TPSA) is 78.4 Å². The van der Waals surface area contributed by atoms with Crippen molar-refractivity contribution in [2.24, 2.45) is 0 Å². The van der Waals surface area contributed by atoms with E-state index in [1.54, 1.807) is 24.1 Å². The lowest BCUT2D eigenvalue weighted by Crippen LogP contribution is -2.41. The van der Waals surface area contributed by atoms with Gasteiger partial charge >= 0.3 is 0 Å². The summed E-state index contributed by atoms with van der Waals surface area (Å²) in [6.45, 7) is 0.337. The zero-order valence-corrected chi connectivity index (χ0v) is 11.2. The van der Waals surface area contributed by atoms with Crippen LogP contribution in [0.25, 0.3) is 0 Å². The molecule has 1 fully saturated rings. The second-order valence-corrected chi connectivity index (χ2v) is 4.71. The van der Waals surface area contributed by atoms with E-state index < -0.39 is 0 Å². The minimum Gasteiger partial charge on any atom is -0.395 e. The molecule has 0 bridgehead atoms. The summed E-state index contributed by atoms with van der Waals surface area (Å²) in [5.74, 6) is 0.488. The predicted octanol–water partition coefficient (Wildman–Crippen LogP) is 0.895. The molecule has 2 rings (SSSR count). The van der Waals surface area contributed by atoms with Crippen molar-refractivity contribution in [2.45, 2.75) is 31.7 Å². The molecule has 0 aliphatic heterocycles. The summed E-state index contributed by atoms with van der Waals surface area (Å²) in [4.78, 5) is 14.1. The van der Waals surface area contributed by atoms with Gasteiger partial charge in [-0.2, -0.15) is 0 Å². The van der Waals surface area contributed by atoms with Gasteiger partial charge < -0.3 is 15.3 Å². The third-order valence-corrected chi connectivity index (χ3v) is 3.51. The fraction of sp³-hybridized carbons (Fsp3) is 0.615. The van der Waals surface area contributed by atoms with Crippen LogP contribution in [0.3, 0.4) is 0 Å². The SMILES string of the molecule is CNc1ccc(C(=O)N(CCO)C2CCCC2)nn1. The van der Waals surface area contributed by atoms with Crippen LogP contribution in [0.15, 0.2) is 12.1 Å². The first-order chi connectivity index (χ1) is 9.26. The Morgan fingerprint density at radius 1 is 1.42 bits per heavy atom. The number of nitrogens with zero attached hydrogens (tertiary/aromatic N) is 3. The zero-order chi connectivity index (χ0) is 13.7. The lowest BCUT2D eigenvalue weighted by molar-refractivity contribution is 0.0631. The number of carbonyl (C=O) groups excluding carboxylic acids is 1. The van der Waals surface area contributed by atoms with Crippen LogP contribution in [0.5, 0.6) is 0 Å². The molecule has 1 amide bonds. The molecule has 0 radical (unpaired) electrons. The molecule has 0 atom stereocenters. The number of nitrogens with one attached hydrogen (secondary N) is 1. The Bertz CT molecular complexity index is 415. The number of anilines is 1. The van der Waals surface area contributed by atoms with Gasteiger partial charge in [0, 0.05) is 19.6 Å². The molecule has 0 spiro atoms. The van der Waals surface area contributed by atoms with E-state index in [2.05, 4.69) is 15.5 Å². The van der Waals surface area contributed by atoms with Crippen molar-refractivity contribution >= 4 is 11.7 Å². The van der Waals surface area contributed by atoms with Gasteiger partial charge in [0.05, 0.1) is 6.61 Å². The van der Waals surface area contributed by atoms with Crippen LogP contribution in [-0.4, -0.2) is 52.4 Å². The van der Waals surface area contributed by atoms with Crippen molar-refractivity contribution in [1.82, 2.24) is 15.1 Å². The standard InChI is InChI=1S/C13H20N4O2/c1-14-12-7-6-11(15-16-12)13(19)17(8-9-18)10-4-2-3-5-10/h6-7,10,18H,2-5,8-9H2,1H3,(H,14,16). The van der Waals surface area contributed by atoms with E-state index in [-0.39, 0.29) is 18.6 Å². The highest BCUT2D eigenvalue weighted by atomic mass is 16.3. The Morgan fingerprint density at radius 3 is 2.68 bits per heavy atom. The molecule has 0 unspecified atom stereocenters. The summed E-state index contributed by atoms with van der Waals surface area (Å²) < 4.78 is 0. The van der Waals surface area contributed by atoms with E-state index in [0.29, 0.717) is 18.1 Å². The number of aliphatic hydroxyl groups is 1. The van der Waals surface area contributed by atoms with E-state index in [1.165, 1.54) is 0 Å². The van der Waals surface area contributed by atoms with E-state index in [9.17, 15) is 4.79 Å². The maximum absolute atomic E-state index is 12.4. The highest BCUT2D eigenvalue weighted by molar-refractivity contribution is 5.92. The average molecular weight is 264 g/mol. The second kappa shape index (κ2) is 6.47. The third-order valence-electron chi connectivity index (χ3n) is 3.51. The highest BCUT2D eigenvalue weighted by Gasteiger charge is 2.27. The summed E-state index contributed by atoms with van der Waals surface area (Å²) in [7, 11) is 1.75. The van der Waals surface area contributed by atoms with E-state index in [0.717, 1.165) is 25.7 Å². The Labute approximate surface area is 112 Å². The Balaban J connectivity index is 2.12. The summed E-state index contributed by atoms with van der Waals surface area (Å²) in [6.07, 6.45) is 4.30. The molecule has 19 heavy (non-hydrogen) atoms. The Kier molecular flexibility index (Phi) is 4.68. The molecule has 104 valence electrons. The van der Waals surface area contributed by atoms with Gasteiger partial charge in [0.2, 0.25) is 0 Å². The number of hydrogen-bond acceptors (Lipinski definition) is 5. The number of aromatic nitrogens is 2. The molecule has 6 nitrogen and oxygen atoms in total. The first-order valence-electron chi connectivity index (χ1n) is 6.69.